The van der Waals surface area contributed by atoms with Crippen LogP contribution in [0.15, 0.2) is 319 Å². The predicted molar refractivity (Wildman–Crippen MR) is 408 cm³/mol. The zero-order chi connectivity index (χ0) is 63.3. The smallest absolute Gasteiger partial charge is 0.174 e. The molecule has 14 aromatic carbocycles. The van der Waals surface area contributed by atoms with Gasteiger partial charge < -0.3 is 9.47 Å². The van der Waals surface area contributed by atoms with Crippen LogP contribution in [-0.2, 0) is 32.7 Å². The fourth-order valence-corrected chi connectivity index (χ4v) is 23.4. The zero-order valence-corrected chi connectivity index (χ0v) is 56.7. The van der Waals surface area contributed by atoms with E-state index in [-0.39, 0.29) is 21.8 Å². The summed E-state index contributed by atoms with van der Waals surface area (Å²) in [5.74, 6) is 8.47. The van der Waals surface area contributed by atoms with Crippen LogP contribution in [0, 0.1) is 23.7 Å². The molecule has 4 fully saturated rings. The quantitative estimate of drug-likeness (QED) is 0.101. The summed E-state index contributed by atoms with van der Waals surface area (Å²) in [6.45, 7) is 1.73. The van der Waals surface area contributed by atoms with Crippen molar-refractivity contribution >= 4 is 108 Å². The van der Waals surface area contributed by atoms with Crippen LogP contribution in [0.1, 0.15) is 77.0 Å². The highest BCUT2D eigenvalue weighted by atomic mass is 32.2. The molecule has 18 rings (SSSR count). The van der Waals surface area contributed by atoms with Crippen LogP contribution in [0.25, 0.3) is 75.4 Å². The molecule has 3 aliphatic carbocycles. The van der Waals surface area contributed by atoms with Gasteiger partial charge in [0.25, 0.3) is 0 Å². The van der Waals surface area contributed by atoms with E-state index in [2.05, 4.69) is 285 Å². The van der Waals surface area contributed by atoms with Crippen LogP contribution in [0.4, 0.5) is 0 Å². The highest BCUT2D eigenvalue weighted by molar-refractivity contribution is 7.98. The fraction of sp³-hybridized carbons (Fsp3) is 0.222. The number of hydrogen-bond acceptors (Lipinski definition) is 2. The standard InChI is InChI=1S/C38H35OS.C30H21S.C22H27OS/c1-2-10-28(11-3-1)24-25-39-37-22-23-38(36-17-9-8-16-35(36)37)40(33-20-18-29-12-4-6-14-31(29)26-33)34-21-19-30-13-5-7-15-32(30)27-34;1-4-16-25-22(10-1)13-7-19-28(25)31(29-20-8-14-23-11-2-5-17-26(23)29)30-21-9-15-24-12-3-6-18-27(24)30;1-2-6-20-19(5-1)21(9-10-22(20)24-11-3-4-12-24)23-15-18-14-16-7-8-17(18)13-16/h4-9,12-23,26-28H,1-3,10-11,24-25H2;1-21H;1-2,5-6,9-10,16-18H,3-4,7-8,11-15H2/q3*+1. The van der Waals surface area contributed by atoms with Crippen LogP contribution < -0.4 is 9.47 Å². The molecule has 14 aromatic rings. The first kappa shape index (κ1) is 61.4. The van der Waals surface area contributed by atoms with E-state index in [0.717, 1.165) is 54.8 Å². The predicted octanol–water partition coefficient (Wildman–Crippen LogP) is 24.3. The Hall–Kier alpha value is -8.45. The fourth-order valence-electron chi connectivity index (χ4n) is 16.1. The topological polar surface area (TPSA) is 18.5 Å². The normalized spacial score (nSPS) is 17.3. The Morgan fingerprint density at radius 2 is 0.779 bits per heavy atom. The summed E-state index contributed by atoms with van der Waals surface area (Å²) >= 11 is 0. The van der Waals surface area contributed by atoms with Crippen LogP contribution in [0.3, 0.4) is 0 Å². The van der Waals surface area contributed by atoms with Crippen molar-refractivity contribution in [1.29, 1.82) is 0 Å². The number of rotatable bonds is 14. The van der Waals surface area contributed by atoms with Crippen molar-refractivity contribution in [2.45, 2.75) is 111 Å². The van der Waals surface area contributed by atoms with Gasteiger partial charge in [-0.15, -0.1) is 0 Å². The molecule has 3 unspecified atom stereocenters. The van der Waals surface area contributed by atoms with Gasteiger partial charge in [-0.05, 0) is 197 Å². The molecule has 470 valence electrons. The molecule has 0 spiro atoms. The van der Waals surface area contributed by atoms with E-state index in [4.69, 9.17) is 9.47 Å². The minimum atomic E-state index is -0.275. The molecule has 95 heavy (non-hydrogen) atoms. The lowest BCUT2D eigenvalue weighted by Crippen LogP contribution is -2.18. The van der Waals surface area contributed by atoms with Crippen molar-refractivity contribution in [3.63, 3.8) is 0 Å². The maximum atomic E-state index is 6.49. The second kappa shape index (κ2) is 28.5. The zero-order valence-electron chi connectivity index (χ0n) is 54.3. The molecule has 1 saturated heterocycles. The number of hydrogen-bond donors (Lipinski definition) is 0. The molecule has 2 bridgehead atoms. The Morgan fingerprint density at radius 1 is 0.326 bits per heavy atom. The average Bonchev–Trinajstić information content (AvgIpc) is 1.24. The second-order valence-electron chi connectivity index (χ2n) is 26.8. The van der Waals surface area contributed by atoms with Gasteiger partial charge in [0.2, 0.25) is 0 Å². The molecule has 1 aliphatic heterocycles. The van der Waals surface area contributed by atoms with E-state index in [1.807, 2.05) is 0 Å². The molecule has 5 heteroatoms. The molecular weight excluding hydrogens is 1210 g/mol. The minimum absolute atomic E-state index is 0.238. The summed E-state index contributed by atoms with van der Waals surface area (Å²) in [6, 6.07) is 105. The van der Waals surface area contributed by atoms with Gasteiger partial charge in [-0.1, -0.05) is 214 Å². The maximum absolute atomic E-state index is 6.49. The Bertz CT molecular complexity index is 4740. The van der Waals surface area contributed by atoms with Gasteiger partial charge in [-0.3, -0.25) is 0 Å². The van der Waals surface area contributed by atoms with Gasteiger partial charge in [-0.2, -0.15) is 0 Å². The van der Waals surface area contributed by atoms with Crippen molar-refractivity contribution in [3.8, 4) is 11.5 Å². The Balaban J connectivity index is 0.000000116. The molecule has 2 nitrogen and oxygen atoms in total. The molecule has 0 aromatic heterocycles. The summed E-state index contributed by atoms with van der Waals surface area (Å²) in [4.78, 5) is 9.74. The van der Waals surface area contributed by atoms with Gasteiger partial charge in [0.1, 0.15) is 33.9 Å². The summed E-state index contributed by atoms with van der Waals surface area (Å²) in [7, 11) is -0.0493. The lowest BCUT2D eigenvalue weighted by Gasteiger charge is -2.22. The Labute approximate surface area is 569 Å². The monoisotopic (exact) mass is 1290 g/mol. The maximum Gasteiger partial charge on any atom is 0.174 e. The number of fused-ring (bicyclic) bond motifs is 9. The summed E-state index contributed by atoms with van der Waals surface area (Å²) < 4.78 is 12.9. The third-order valence-corrected chi connectivity index (χ3v) is 28.1. The summed E-state index contributed by atoms with van der Waals surface area (Å²) in [5.41, 5.74) is 0. The molecule has 3 saturated carbocycles. The molecular formula is C90H83O2S3+3. The van der Waals surface area contributed by atoms with E-state index >= 15 is 0 Å². The van der Waals surface area contributed by atoms with Crippen LogP contribution in [0.2, 0.25) is 0 Å². The molecule has 0 N–H and O–H groups in total. The van der Waals surface area contributed by atoms with Crippen molar-refractivity contribution in [2.75, 3.05) is 24.7 Å². The summed E-state index contributed by atoms with van der Waals surface area (Å²) in [5, 5.41) is 18.2. The van der Waals surface area contributed by atoms with E-state index in [1.54, 1.807) is 4.90 Å². The van der Waals surface area contributed by atoms with Crippen molar-refractivity contribution in [3.05, 3.63) is 285 Å². The first-order chi connectivity index (χ1) is 47.1. The highest BCUT2D eigenvalue weighted by Gasteiger charge is 2.40. The lowest BCUT2D eigenvalue weighted by atomic mass is 9.87. The van der Waals surface area contributed by atoms with Gasteiger partial charge in [0, 0.05) is 60.7 Å². The van der Waals surface area contributed by atoms with E-state index in [9.17, 15) is 0 Å². The SMILES string of the molecule is c1ccc2c([S+](c3cccc4ccccc34)c3cccc4ccccc34)cccc2c1.c1ccc2c([S+]3CCCC3)ccc(OCC3CC4CCC3C4)c2c1.c1ccc2cc([S+](c3ccc4ccccc4c3)c3ccc(OCCC4CCCCC4)c4ccccc34)ccc2c1. The van der Waals surface area contributed by atoms with Crippen molar-refractivity contribution in [2.24, 2.45) is 23.7 Å². The number of benzene rings is 14. The Morgan fingerprint density at radius 3 is 1.32 bits per heavy atom. The van der Waals surface area contributed by atoms with Gasteiger partial charge in [0.05, 0.1) is 24.1 Å². The first-order valence-electron chi connectivity index (χ1n) is 35.0. The molecule has 0 radical (unpaired) electrons. The summed E-state index contributed by atoms with van der Waals surface area (Å²) in [6.07, 6.45) is 16.7. The van der Waals surface area contributed by atoms with Gasteiger partial charge >= 0.3 is 0 Å². The lowest BCUT2D eigenvalue weighted by molar-refractivity contribution is 0.197. The van der Waals surface area contributed by atoms with Crippen LogP contribution in [0.5, 0.6) is 11.5 Å². The van der Waals surface area contributed by atoms with Gasteiger partial charge in [-0.25, -0.2) is 0 Å². The largest absolute Gasteiger partial charge is 0.493 e. The van der Waals surface area contributed by atoms with E-state index in [1.165, 1.54) is 187 Å². The number of ether oxygens (including phenoxy) is 2. The van der Waals surface area contributed by atoms with Gasteiger partial charge in [0.15, 0.2) is 34.3 Å². The molecule has 4 aliphatic rings. The molecule has 0 amide bonds. The van der Waals surface area contributed by atoms with E-state index in [0.29, 0.717) is 10.9 Å². The van der Waals surface area contributed by atoms with Crippen LogP contribution >= 0.6 is 0 Å². The third kappa shape index (κ3) is 13.1. The molecule has 1 heterocycles. The minimum Gasteiger partial charge on any atom is -0.493 e. The first-order valence-corrected chi connectivity index (χ1v) is 39.0. The average molecular weight is 1290 g/mol. The van der Waals surface area contributed by atoms with Crippen molar-refractivity contribution in [1.82, 2.24) is 0 Å². The third-order valence-electron chi connectivity index (χ3n) is 20.9. The highest BCUT2D eigenvalue weighted by Crippen LogP contribution is 2.49. The molecule has 3 atom stereocenters. The Kier molecular flexibility index (Phi) is 18.4. The van der Waals surface area contributed by atoms with E-state index < -0.39 is 0 Å². The van der Waals surface area contributed by atoms with Crippen LogP contribution in [-0.4, -0.2) is 24.7 Å². The van der Waals surface area contributed by atoms with Crippen molar-refractivity contribution < 1.29 is 9.47 Å². The second-order valence-corrected chi connectivity index (χ2v) is 32.9.